The zero-order valence-electron chi connectivity index (χ0n) is 17.8. The monoisotopic (exact) mass is 396 g/mol. The lowest BCUT2D eigenvalue weighted by atomic mass is 10.0. The van der Waals surface area contributed by atoms with Crippen molar-refractivity contribution in [2.75, 3.05) is 10.6 Å². The van der Waals surface area contributed by atoms with Crippen molar-refractivity contribution in [2.45, 2.75) is 65.4 Å². The summed E-state index contributed by atoms with van der Waals surface area (Å²) in [7, 11) is 0. The molecule has 2 rings (SSSR count). The van der Waals surface area contributed by atoms with Crippen LogP contribution in [0.4, 0.5) is 11.4 Å². The largest absolute Gasteiger partial charge is 0.481 e. The maximum absolute atomic E-state index is 12.5. The number of hydrogen-bond donors (Lipinski definition) is 2. The second-order valence-electron chi connectivity index (χ2n) is 7.56. The van der Waals surface area contributed by atoms with Crippen LogP contribution in [0.15, 0.2) is 48.5 Å². The molecule has 0 radical (unpaired) electrons. The van der Waals surface area contributed by atoms with Gasteiger partial charge < -0.3 is 15.4 Å². The van der Waals surface area contributed by atoms with Gasteiger partial charge in [0, 0.05) is 17.8 Å². The minimum atomic E-state index is -0.646. The summed E-state index contributed by atoms with van der Waals surface area (Å²) in [4.78, 5) is 24.5. The van der Waals surface area contributed by atoms with E-state index in [1.807, 2.05) is 30.3 Å². The van der Waals surface area contributed by atoms with E-state index in [2.05, 4.69) is 31.4 Å². The Hall–Kier alpha value is -2.82. The van der Waals surface area contributed by atoms with Gasteiger partial charge in [0.05, 0.1) is 0 Å². The summed E-state index contributed by atoms with van der Waals surface area (Å²) in [5.41, 5.74) is 2.51. The van der Waals surface area contributed by atoms with Crippen LogP contribution in [-0.4, -0.2) is 17.9 Å². The fourth-order valence-electron chi connectivity index (χ4n) is 2.87. The number of hydrogen-bond acceptors (Lipinski definition) is 3. The van der Waals surface area contributed by atoms with Crippen LogP contribution in [0.25, 0.3) is 0 Å². The average Bonchev–Trinajstić information content (AvgIpc) is 2.68. The van der Waals surface area contributed by atoms with E-state index >= 15 is 0 Å². The Kier molecular flexibility index (Phi) is 8.71. The van der Waals surface area contributed by atoms with Gasteiger partial charge in [-0.05, 0) is 55.2 Å². The Morgan fingerprint density at radius 2 is 1.59 bits per heavy atom. The van der Waals surface area contributed by atoms with E-state index < -0.39 is 6.10 Å². The number of rotatable bonds is 10. The SMILES string of the molecule is CCCCCC(=O)Nc1cccc(NC(=O)C(C)Oc2ccc(C(C)C)cc2)c1. The van der Waals surface area contributed by atoms with Gasteiger partial charge >= 0.3 is 0 Å². The third kappa shape index (κ3) is 7.60. The molecule has 2 aromatic rings. The molecule has 1 unspecified atom stereocenters. The first-order chi connectivity index (χ1) is 13.9. The van der Waals surface area contributed by atoms with Crippen LogP contribution in [0.2, 0.25) is 0 Å². The van der Waals surface area contributed by atoms with Crippen LogP contribution in [0, 0.1) is 0 Å². The van der Waals surface area contributed by atoms with E-state index in [-0.39, 0.29) is 11.8 Å². The molecule has 1 atom stereocenters. The molecule has 0 saturated heterocycles. The van der Waals surface area contributed by atoms with Crippen molar-refractivity contribution >= 4 is 23.2 Å². The fraction of sp³-hybridized carbons (Fsp3) is 0.417. The number of unbranched alkanes of at least 4 members (excludes halogenated alkanes) is 2. The Morgan fingerprint density at radius 1 is 0.931 bits per heavy atom. The molecule has 2 amide bonds. The Labute approximate surface area is 173 Å². The molecule has 0 aliphatic carbocycles. The Balaban J connectivity index is 1.89. The van der Waals surface area contributed by atoms with Crippen LogP contribution >= 0.6 is 0 Å². The summed E-state index contributed by atoms with van der Waals surface area (Å²) < 4.78 is 5.75. The van der Waals surface area contributed by atoms with Crippen molar-refractivity contribution in [1.82, 2.24) is 0 Å². The van der Waals surface area contributed by atoms with Gasteiger partial charge in [0.15, 0.2) is 6.10 Å². The number of ether oxygens (including phenoxy) is 1. The van der Waals surface area contributed by atoms with E-state index in [0.29, 0.717) is 29.5 Å². The van der Waals surface area contributed by atoms with Gasteiger partial charge in [0.1, 0.15) is 5.75 Å². The Morgan fingerprint density at radius 3 is 2.21 bits per heavy atom. The highest BCUT2D eigenvalue weighted by atomic mass is 16.5. The van der Waals surface area contributed by atoms with Crippen LogP contribution < -0.4 is 15.4 Å². The topological polar surface area (TPSA) is 67.4 Å². The average molecular weight is 397 g/mol. The van der Waals surface area contributed by atoms with Crippen LogP contribution in [0.5, 0.6) is 5.75 Å². The molecule has 0 fully saturated rings. The first-order valence-electron chi connectivity index (χ1n) is 10.4. The fourth-order valence-corrected chi connectivity index (χ4v) is 2.87. The van der Waals surface area contributed by atoms with Gasteiger partial charge in [-0.1, -0.05) is 51.8 Å². The summed E-state index contributed by atoms with van der Waals surface area (Å²) in [6, 6.07) is 14.9. The standard InChI is InChI=1S/C24H32N2O3/c1-5-6-7-11-23(27)25-20-9-8-10-21(16-20)26-24(28)18(4)29-22-14-12-19(13-15-22)17(2)3/h8-10,12-18H,5-7,11H2,1-4H3,(H,25,27)(H,26,28). The lowest BCUT2D eigenvalue weighted by Gasteiger charge is -2.16. The van der Waals surface area contributed by atoms with E-state index in [1.165, 1.54) is 5.56 Å². The van der Waals surface area contributed by atoms with Gasteiger partial charge in [-0.15, -0.1) is 0 Å². The van der Waals surface area contributed by atoms with Crippen LogP contribution in [0.1, 0.15) is 64.9 Å². The molecule has 0 aliphatic heterocycles. The number of anilines is 2. The third-order valence-electron chi connectivity index (χ3n) is 4.65. The molecule has 0 bridgehead atoms. The second kappa shape index (κ2) is 11.2. The van der Waals surface area contributed by atoms with Crippen molar-refractivity contribution in [3.63, 3.8) is 0 Å². The molecule has 2 aromatic carbocycles. The first kappa shape index (κ1) is 22.5. The molecule has 29 heavy (non-hydrogen) atoms. The highest BCUT2D eigenvalue weighted by Crippen LogP contribution is 2.20. The van der Waals surface area contributed by atoms with Gasteiger partial charge in [0.2, 0.25) is 5.91 Å². The summed E-state index contributed by atoms with van der Waals surface area (Å²) in [6.07, 6.45) is 2.86. The molecule has 0 heterocycles. The second-order valence-corrected chi connectivity index (χ2v) is 7.56. The minimum Gasteiger partial charge on any atom is -0.481 e. The zero-order valence-corrected chi connectivity index (χ0v) is 17.8. The number of nitrogens with one attached hydrogen (secondary N) is 2. The van der Waals surface area contributed by atoms with Crippen molar-refractivity contribution in [1.29, 1.82) is 0 Å². The molecular formula is C24H32N2O3. The van der Waals surface area contributed by atoms with Crippen molar-refractivity contribution in [3.05, 3.63) is 54.1 Å². The van der Waals surface area contributed by atoms with Crippen LogP contribution in [0.3, 0.4) is 0 Å². The lowest BCUT2D eigenvalue weighted by molar-refractivity contribution is -0.122. The van der Waals surface area contributed by atoms with Gasteiger partial charge in [-0.2, -0.15) is 0 Å². The lowest BCUT2D eigenvalue weighted by Crippen LogP contribution is -2.30. The van der Waals surface area contributed by atoms with E-state index in [0.717, 1.165) is 19.3 Å². The van der Waals surface area contributed by atoms with Crippen LogP contribution in [-0.2, 0) is 9.59 Å². The summed E-state index contributed by atoms with van der Waals surface area (Å²) in [6.45, 7) is 8.09. The molecule has 0 aromatic heterocycles. The normalized spacial score (nSPS) is 11.8. The molecule has 5 nitrogen and oxygen atoms in total. The summed E-state index contributed by atoms with van der Waals surface area (Å²) in [5, 5.41) is 5.72. The molecule has 0 aliphatic rings. The first-order valence-corrected chi connectivity index (χ1v) is 10.4. The third-order valence-corrected chi connectivity index (χ3v) is 4.65. The van der Waals surface area contributed by atoms with E-state index in [9.17, 15) is 9.59 Å². The molecule has 5 heteroatoms. The number of benzene rings is 2. The minimum absolute atomic E-state index is 0.0107. The molecule has 0 spiro atoms. The predicted molar refractivity (Wildman–Crippen MR) is 118 cm³/mol. The summed E-state index contributed by atoms with van der Waals surface area (Å²) >= 11 is 0. The molecular weight excluding hydrogens is 364 g/mol. The number of amides is 2. The Bertz CT molecular complexity index is 800. The van der Waals surface area contributed by atoms with Crippen molar-refractivity contribution in [2.24, 2.45) is 0 Å². The van der Waals surface area contributed by atoms with Gasteiger partial charge in [0.25, 0.3) is 5.91 Å². The van der Waals surface area contributed by atoms with E-state index in [1.54, 1.807) is 25.1 Å². The van der Waals surface area contributed by atoms with Gasteiger partial charge in [-0.3, -0.25) is 9.59 Å². The molecule has 156 valence electrons. The van der Waals surface area contributed by atoms with E-state index in [4.69, 9.17) is 4.74 Å². The zero-order chi connectivity index (χ0) is 21.2. The predicted octanol–water partition coefficient (Wildman–Crippen LogP) is 5.73. The molecule has 0 saturated carbocycles. The number of carbonyl (C=O) groups excluding carboxylic acids is 2. The highest BCUT2D eigenvalue weighted by molar-refractivity contribution is 5.96. The smallest absolute Gasteiger partial charge is 0.265 e. The number of carbonyl (C=O) groups is 2. The van der Waals surface area contributed by atoms with Gasteiger partial charge in [-0.25, -0.2) is 0 Å². The quantitative estimate of drug-likeness (QED) is 0.504. The maximum Gasteiger partial charge on any atom is 0.265 e. The highest BCUT2D eigenvalue weighted by Gasteiger charge is 2.15. The maximum atomic E-state index is 12.5. The summed E-state index contributed by atoms with van der Waals surface area (Å²) in [5.74, 6) is 0.849. The molecule has 2 N–H and O–H groups in total. The van der Waals surface area contributed by atoms with Crippen molar-refractivity contribution in [3.8, 4) is 5.75 Å². The van der Waals surface area contributed by atoms with Crippen molar-refractivity contribution < 1.29 is 14.3 Å².